The van der Waals surface area contributed by atoms with Gasteiger partial charge >= 0.3 is 29.6 Å². The maximum absolute atomic E-state index is 6.28. The molecule has 0 radical (unpaired) electrons. The van der Waals surface area contributed by atoms with Crippen molar-refractivity contribution in [3.05, 3.63) is 51.7 Å². The Labute approximate surface area is 447 Å². The minimum atomic E-state index is 0. The van der Waals surface area contributed by atoms with Crippen molar-refractivity contribution < 1.29 is 44.5 Å². The first-order chi connectivity index (χ1) is 29.8. The van der Waals surface area contributed by atoms with E-state index in [2.05, 4.69) is 51.4 Å². The van der Waals surface area contributed by atoms with E-state index in [1.807, 2.05) is 47.8 Å². The first kappa shape index (κ1) is 64.5. The second kappa shape index (κ2) is 35.6. The predicted octanol–water partition coefficient (Wildman–Crippen LogP) is 9.72. The maximum Gasteiger partial charge on any atom is 1.00 e. The summed E-state index contributed by atoms with van der Waals surface area (Å²) in [7, 11) is 3.18. The van der Waals surface area contributed by atoms with Crippen LogP contribution in [0.4, 0.5) is 41.1 Å². The second-order valence-corrected chi connectivity index (χ2v) is 18.7. The van der Waals surface area contributed by atoms with Crippen LogP contribution in [0.5, 0.6) is 11.5 Å². The van der Waals surface area contributed by atoms with Gasteiger partial charge in [0, 0.05) is 72.6 Å². The summed E-state index contributed by atoms with van der Waals surface area (Å²) in [6.45, 7) is 4.33. The van der Waals surface area contributed by atoms with Crippen LogP contribution in [-0.2, 0) is 0 Å². The number of aromatic nitrogens is 6. The SMILES string of the molecule is C.C.C.C.C1CSCCN1.COc1ccc(Nc2nc(Cl)nc(NC3CCCCCC3)n2)cc1Cl.COc1ccc(Nc2nc(NC3CCCCCC3)nc(N3CCSCC3)n2)cc1Cl.[Na+].[OH-]. The summed E-state index contributed by atoms with van der Waals surface area (Å²) in [5, 5.41) is 17.8. The molecule has 67 heavy (non-hydrogen) atoms. The van der Waals surface area contributed by atoms with Gasteiger partial charge in [-0.05, 0) is 73.7 Å². The monoisotopic (exact) mass is 1040 g/mol. The second-order valence-electron chi connectivity index (χ2n) is 15.1. The van der Waals surface area contributed by atoms with E-state index in [1.165, 1.54) is 76.0 Å². The Morgan fingerprint density at radius 1 is 0.567 bits per heavy atom. The van der Waals surface area contributed by atoms with Gasteiger partial charge in [0.15, 0.2) is 0 Å². The van der Waals surface area contributed by atoms with E-state index < -0.39 is 0 Å². The summed E-state index contributed by atoms with van der Waals surface area (Å²) in [4.78, 5) is 29.1. The Bertz CT molecular complexity index is 1930. The number of benzene rings is 2. The molecule has 15 nitrogen and oxygen atoms in total. The van der Waals surface area contributed by atoms with Gasteiger partial charge < -0.3 is 46.4 Å². The Kier molecular flexibility index (Phi) is 34.3. The molecule has 4 heterocycles. The minimum absolute atomic E-state index is 0. The van der Waals surface area contributed by atoms with Crippen molar-refractivity contribution in [3.63, 3.8) is 0 Å². The molecule has 2 aromatic carbocycles. The number of nitrogens with zero attached hydrogens (tertiary/aromatic N) is 7. The Balaban J connectivity index is 0.00000108. The van der Waals surface area contributed by atoms with Gasteiger partial charge in [-0.3, -0.25) is 0 Å². The number of hydrogen-bond acceptors (Lipinski definition) is 17. The first-order valence-corrected chi connectivity index (χ1v) is 24.8. The van der Waals surface area contributed by atoms with Crippen molar-refractivity contribution in [3.8, 4) is 11.5 Å². The molecule has 4 aromatic rings. The summed E-state index contributed by atoms with van der Waals surface area (Å²) in [6, 6.07) is 11.7. The van der Waals surface area contributed by atoms with Gasteiger partial charge in [-0.1, -0.05) is 104 Å². The first-order valence-electron chi connectivity index (χ1n) is 21.4. The largest absolute Gasteiger partial charge is 1.00 e. The summed E-state index contributed by atoms with van der Waals surface area (Å²) in [6.07, 6.45) is 14.8. The zero-order chi connectivity index (χ0) is 42.7. The van der Waals surface area contributed by atoms with Crippen molar-refractivity contribution in [1.29, 1.82) is 0 Å². The number of methoxy groups -OCH3 is 2. The van der Waals surface area contributed by atoms with Crippen molar-refractivity contribution in [2.75, 3.05) is 89.6 Å². The maximum atomic E-state index is 6.28. The average molecular weight is 1040 g/mol. The van der Waals surface area contributed by atoms with Crippen LogP contribution in [0.15, 0.2) is 36.4 Å². The Morgan fingerprint density at radius 3 is 1.37 bits per heavy atom. The fourth-order valence-electron chi connectivity index (χ4n) is 7.34. The standard InChI is InChI=1S/C21H29ClN6OS.C17H21Cl2N5O.C4H9NS.4CH4.Na.H2O/c1-29-18-9-8-16(14-17(18)22)24-20-25-19(23-15-6-4-2-3-5-7-15)26-21(27-20)28-10-12-30-13-11-28;1-25-14-9-8-12(10-13(14)18)21-17-23-15(19)22-16(24-17)20-11-6-4-2-3-5-7-11;1-3-6-4-2-5-1;;;;;;/h8-9,14-15H,2-7,10-13H2,1H3,(H2,23,24,25,26,27);8-11H,2-7H2,1H3,(H2,20,21,22,23,24);5H,1-4H2;4*1H4;;1H2/q;;;;;;;+1;/p-1. The van der Waals surface area contributed by atoms with Crippen LogP contribution in [-0.4, -0.2) is 111 Å². The molecule has 2 aromatic heterocycles. The molecule has 0 atom stereocenters. The molecule has 0 spiro atoms. The fraction of sp³-hybridized carbons (Fsp3) is 0.609. The molecule has 2 aliphatic heterocycles. The molecular weight excluding hydrogens is 962 g/mol. The molecular formula is C46H76Cl3N12NaO3S2. The van der Waals surface area contributed by atoms with Crippen molar-refractivity contribution in [2.45, 2.75) is 119 Å². The van der Waals surface area contributed by atoms with Crippen LogP contribution >= 0.6 is 58.3 Å². The van der Waals surface area contributed by atoms with Crippen LogP contribution in [0.1, 0.15) is 107 Å². The Morgan fingerprint density at radius 2 is 0.970 bits per heavy atom. The van der Waals surface area contributed by atoms with E-state index in [-0.39, 0.29) is 70.0 Å². The van der Waals surface area contributed by atoms with Gasteiger partial charge in [0.05, 0.1) is 24.3 Å². The average Bonchev–Trinajstić information content (AvgIpc) is 3.70. The van der Waals surface area contributed by atoms with E-state index >= 15 is 0 Å². The third-order valence-electron chi connectivity index (χ3n) is 10.6. The van der Waals surface area contributed by atoms with Crippen molar-refractivity contribution in [1.82, 2.24) is 35.2 Å². The summed E-state index contributed by atoms with van der Waals surface area (Å²) < 4.78 is 10.4. The van der Waals surface area contributed by atoms with Gasteiger partial charge in [-0.25, -0.2) is 0 Å². The van der Waals surface area contributed by atoms with E-state index in [0.29, 0.717) is 57.4 Å². The molecule has 372 valence electrons. The fourth-order valence-corrected chi connectivity index (χ4v) is 9.70. The van der Waals surface area contributed by atoms with Gasteiger partial charge in [0.25, 0.3) is 0 Å². The zero-order valence-electron chi connectivity index (χ0n) is 36.6. The number of nitrogens with one attached hydrogen (secondary N) is 5. The van der Waals surface area contributed by atoms with Crippen LogP contribution in [0.3, 0.4) is 0 Å². The summed E-state index contributed by atoms with van der Waals surface area (Å²) in [5.74, 6) is 8.80. The van der Waals surface area contributed by atoms with Crippen molar-refractivity contribution in [2.24, 2.45) is 0 Å². The molecule has 8 rings (SSSR count). The van der Waals surface area contributed by atoms with Crippen LogP contribution in [0, 0.1) is 0 Å². The molecule has 4 fully saturated rings. The quantitative estimate of drug-likeness (QED) is 0.0705. The number of halogens is 3. The number of hydrogen-bond donors (Lipinski definition) is 5. The predicted molar refractivity (Wildman–Crippen MR) is 286 cm³/mol. The van der Waals surface area contributed by atoms with Gasteiger partial charge in [0.1, 0.15) is 11.5 Å². The third-order valence-corrected chi connectivity index (χ3v) is 13.3. The molecule has 21 heteroatoms. The molecule has 2 saturated carbocycles. The third kappa shape index (κ3) is 22.5. The van der Waals surface area contributed by atoms with E-state index in [9.17, 15) is 0 Å². The molecule has 4 aliphatic rings. The van der Waals surface area contributed by atoms with Crippen molar-refractivity contribution >= 4 is 99.4 Å². The number of rotatable bonds is 11. The number of anilines is 7. The van der Waals surface area contributed by atoms with E-state index in [1.54, 1.807) is 26.4 Å². The van der Waals surface area contributed by atoms with Crippen LogP contribution < -0.4 is 70.5 Å². The molecule has 6 N–H and O–H groups in total. The molecule has 0 unspecified atom stereocenters. The van der Waals surface area contributed by atoms with Gasteiger partial charge in [-0.2, -0.15) is 53.4 Å². The van der Waals surface area contributed by atoms with E-state index in [4.69, 9.17) is 54.2 Å². The smallest absolute Gasteiger partial charge is 0.870 e. The number of ether oxygens (including phenoxy) is 2. The Hall–Kier alpha value is -2.45. The minimum Gasteiger partial charge on any atom is -0.870 e. The van der Waals surface area contributed by atoms with Crippen LogP contribution in [0.25, 0.3) is 0 Å². The topological polar surface area (TPSA) is 189 Å². The van der Waals surface area contributed by atoms with Crippen LogP contribution in [0.2, 0.25) is 15.3 Å². The normalized spacial score (nSPS) is 16.0. The van der Waals surface area contributed by atoms with Gasteiger partial charge in [-0.15, -0.1) is 0 Å². The number of thioether (sulfide) groups is 2. The van der Waals surface area contributed by atoms with Gasteiger partial charge in [0.2, 0.25) is 35.0 Å². The molecule has 0 bridgehead atoms. The zero-order valence-corrected chi connectivity index (χ0v) is 42.5. The summed E-state index contributed by atoms with van der Waals surface area (Å²) >= 11 is 22.5. The molecule has 0 amide bonds. The summed E-state index contributed by atoms with van der Waals surface area (Å²) in [5.41, 5.74) is 1.56. The molecule has 2 aliphatic carbocycles. The van der Waals surface area contributed by atoms with E-state index in [0.717, 1.165) is 67.6 Å². The molecule has 2 saturated heterocycles.